The third-order valence-electron chi connectivity index (χ3n) is 1.96. The van der Waals surface area contributed by atoms with Crippen LogP contribution in [0, 0.1) is 0 Å². The predicted octanol–water partition coefficient (Wildman–Crippen LogP) is 2.03. The van der Waals surface area contributed by atoms with Crippen LogP contribution >= 0.6 is 0 Å². The van der Waals surface area contributed by atoms with E-state index in [-0.39, 0.29) is 0 Å². The fourth-order valence-corrected chi connectivity index (χ4v) is 1.28. The van der Waals surface area contributed by atoms with Crippen LogP contribution in [0.5, 0.6) is 0 Å². The lowest BCUT2D eigenvalue weighted by molar-refractivity contribution is -0.119. The molecule has 13 heavy (non-hydrogen) atoms. The lowest BCUT2D eigenvalue weighted by Gasteiger charge is -2.00. The first-order valence-corrected chi connectivity index (χ1v) is 4.80. The summed E-state index contributed by atoms with van der Waals surface area (Å²) in [7, 11) is 0. The van der Waals surface area contributed by atoms with Crippen molar-refractivity contribution in [3.63, 3.8) is 0 Å². The lowest BCUT2D eigenvalue weighted by atomic mass is 10.1. The van der Waals surface area contributed by atoms with Crippen molar-refractivity contribution in [1.82, 2.24) is 9.55 Å². The molecule has 0 saturated carbocycles. The first kappa shape index (κ1) is 9.96. The van der Waals surface area contributed by atoms with E-state index in [1.54, 1.807) is 12.5 Å². The molecule has 1 heterocycles. The van der Waals surface area contributed by atoms with Crippen molar-refractivity contribution in [1.29, 1.82) is 0 Å². The van der Waals surface area contributed by atoms with Gasteiger partial charge >= 0.3 is 0 Å². The molecule has 0 spiro atoms. The number of nitrogens with zero attached hydrogens (tertiary/aromatic N) is 2. The van der Waals surface area contributed by atoms with E-state index in [9.17, 15) is 4.79 Å². The molecule has 0 unspecified atom stereocenters. The molecule has 0 aliphatic rings. The van der Waals surface area contributed by atoms with Crippen LogP contribution < -0.4 is 0 Å². The second kappa shape index (κ2) is 5.51. The maximum absolute atomic E-state index is 11.1. The summed E-state index contributed by atoms with van der Waals surface area (Å²) in [5.74, 6) is 0.377. The number of aryl methyl sites for hydroxylation is 1. The Kier molecular flexibility index (Phi) is 4.23. The number of rotatable bonds is 6. The summed E-state index contributed by atoms with van der Waals surface area (Å²) in [6.45, 7) is 2.93. The summed E-state index contributed by atoms with van der Waals surface area (Å²) >= 11 is 0. The van der Waals surface area contributed by atoms with Gasteiger partial charge in [-0.15, -0.1) is 0 Å². The Labute approximate surface area is 78.8 Å². The van der Waals surface area contributed by atoms with Crippen LogP contribution in [0.3, 0.4) is 0 Å². The average Bonchev–Trinajstić information content (AvgIpc) is 2.57. The minimum atomic E-state index is 0.377. The summed E-state index contributed by atoms with van der Waals surface area (Å²) in [6, 6.07) is 0. The van der Waals surface area contributed by atoms with Gasteiger partial charge in [-0.2, -0.15) is 0 Å². The standard InChI is InChI=1S/C10H16N2O/c1-2-4-10(13)5-3-7-12-8-6-11-9-12/h6,8-9H,2-5,7H2,1H3. The van der Waals surface area contributed by atoms with Crippen molar-refractivity contribution in [2.24, 2.45) is 0 Å². The topological polar surface area (TPSA) is 34.9 Å². The largest absolute Gasteiger partial charge is 0.337 e. The normalized spacial score (nSPS) is 10.2. The van der Waals surface area contributed by atoms with Crippen LogP contribution in [-0.2, 0) is 11.3 Å². The average molecular weight is 180 g/mol. The number of ketones is 1. The molecular formula is C10H16N2O. The van der Waals surface area contributed by atoms with Gasteiger partial charge in [-0.1, -0.05) is 6.92 Å². The molecule has 0 atom stereocenters. The molecule has 1 aromatic rings. The molecule has 0 radical (unpaired) electrons. The highest BCUT2D eigenvalue weighted by Gasteiger charge is 1.99. The minimum absolute atomic E-state index is 0.377. The predicted molar refractivity (Wildman–Crippen MR) is 51.4 cm³/mol. The second-order valence-corrected chi connectivity index (χ2v) is 3.19. The van der Waals surface area contributed by atoms with Crippen LogP contribution in [0.2, 0.25) is 0 Å². The molecule has 0 N–H and O–H groups in total. The van der Waals surface area contributed by atoms with Gasteiger partial charge in [0.2, 0.25) is 0 Å². The molecule has 0 aliphatic carbocycles. The Morgan fingerprint density at radius 2 is 2.31 bits per heavy atom. The summed E-state index contributed by atoms with van der Waals surface area (Å²) in [5.41, 5.74) is 0. The molecule has 1 aromatic heterocycles. The van der Waals surface area contributed by atoms with E-state index < -0.39 is 0 Å². The highest BCUT2D eigenvalue weighted by molar-refractivity contribution is 5.78. The molecule has 3 heteroatoms. The van der Waals surface area contributed by atoms with Crippen molar-refractivity contribution < 1.29 is 4.79 Å². The molecule has 0 saturated heterocycles. The smallest absolute Gasteiger partial charge is 0.132 e. The number of aromatic nitrogens is 2. The monoisotopic (exact) mass is 180 g/mol. The van der Waals surface area contributed by atoms with Crippen molar-refractivity contribution in [3.05, 3.63) is 18.7 Å². The summed E-state index contributed by atoms with van der Waals surface area (Å²) in [6.07, 6.45) is 8.78. The zero-order chi connectivity index (χ0) is 9.52. The Morgan fingerprint density at radius 3 is 2.92 bits per heavy atom. The van der Waals surface area contributed by atoms with Crippen molar-refractivity contribution >= 4 is 5.78 Å². The molecular weight excluding hydrogens is 164 g/mol. The van der Waals surface area contributed by atoms with Gasteiger partial charge in [0.25, 0.3) is 0 Å². The second-order valence-electron chi connectivity index (χ2n) is 3.19. The highest BCUT2D eigenvalue weighted by atomic mass is 16.1. The fourth-order valence-electron chi connectivity index (χ4n) is 1.28. The summed E-state index contributed by atoms with van der Waals surface area (Å²) in [5, 5.41) is 0. The summed E-state index contributed by atoms with van der Waals surface area (Å²) in [4.78, 5) is 15.1. The van der Waals surface area contributed by atoms with Crippen LogP contribution in [0.1, 0.15) is 32.6 Å². The maximum atomic E-state index is 11.1. The first-order valence-electron chi connectivity index (χ1n) is 4.80. The Morgan fingerprint density at radius 1 is 1.46 bits per heavy atom. The number of hydrogen-bond acceptors (Lipinski definition) is 2. The van der Waals surface area contributed by atoms with Gasteiger partial charge < -0.3 is 4.57 Å². The molecule has 3 nitrogen and oxygen atoms in total. The summed E-state index contributed by atoms with van der Waals surface area (Å²) < 4.78 is 2.00. The van der Waals surface area contributed by atoms with Gasteiger partial charge in [-0.3, -0.25) is 4.79 Å². The van der Waals surface area contributed by atoms with Crippen molar-refractivity contribution in [2.45, 2.75) is 39.2 Å². The molecule has 0 bridgehead atoms. The third kappa shape index (κ3) is 3.87. The van der Waals surface area contributed by atoms with Gasteiger partial charge in [-0.05, 0) is 12.8 Å². The molecule has 1 rings (SSSR count). The van der Waals surface area contributed by atoms with Gasteiger partial charge in [0.05, 0.1) is 6.33 Å². The molecule has 0 fully saturated rings. The number of imidazole rings is 1. The Hall–Kier alpha value is -1.12. The van der Waals surface area contributed by atoms with Gasteiger partial charge in [0.1, 0.15) is 5.78 Å². The van der Waals surface area contributed by atoms with Gasteiger partial charge in [0, 0.05) is 31.8 Å². The SMILES string of the molecule is CCCC(=O)CCCn1ccnc1. The van der Waals surface area contributed by atoms with Crippen molar-refractivity contribution in [2.75, 3.05) is 0 Å². The number of Topliss-reactive ketones (excluding diaryl/α,β-unsaturated/α-hetero) is 1. The van der Waals surface area contributed by atoms with Crippen LogP contribution in [-0.4, -0.2) is 15.3 Å². The van der Waals surface area contributed by atoms with Crippen molar-refractivity contribution in [3.8, 4) is 0 Å². The first-order chi connectivity index (χ1) is 6.33. The van der Waals surface area contributed by atoms with E-state index in [0.29, 0.717) is 12.2 Å². The molecule has 0 aromatic carbocycles. The Balaban J connectivity index is 2.11. The van der Waals surface area contributed by atoms with Crippen LogP contribution in [0.4, 0.5) is 0 Å². The fraction of sp³-hybridized carbons (Fsp3) is 0.600. The van der Waals surface area contributed by atoms with E-state index in [1.807, 2.05) is 17.7 Å². The zero-order valence-corrected chi connectivity index (χ0v) is 8.07. The Bertz CT molecular complexity index is 241. The maximum Gasteiger partial charge on any atom is 0.132 e. The van der Waals surface area contributed by atoms with Gasteiger partial charge in [0.15, 0.2) is 0 Å². The van der Waals surface area contributed by atoms with E-state index >= 15 is 0 Å². The molecule has 0 aliphatic heterocycles. The van der Waals surface area contributed by atoms with E-state index in [2.05, 4.69) is 4.98 Å². The number of carbonyl (C=O) groups is 1. The van der Waals surface area contributed by atoms with E-state index in [0.717, 1.165) is 25.8 Å². The lowest BCUT2D eigenvalue weighted by Crippen LogP contribution is -2.00. The van der Waals surface area contributed by atoms with E-state index in [4.69, 9.17) is 0 Å². The van der Waals surface area contributed by atoms with Crippen LogP contribution in [0.25, 0.3) is 0 Å². The number of carbonyl (C=O) groups excluding carboxylic acids is 1. The minimum Gasteiger partial charge on any atom is -0.337 e. The quantitative estimate of drug-likeness (QED) is 0.671. The van der Waals surface area contributed by atoms with E-state index in [1.165, 1.54) is 0 Å². The zero-order valence-electron chi connectivity index (χ0n) is 8.07. The third-order valence-corrected chi connectivity index (χ3v) is 1.96. The highest BCUT2D eigenvalue weighted by Crippen LogP contribution is 2.00. The molecule has 72 valence electrons. The molecule has 0 amide bonds. The number of hydrogen-bond donors (Lipinski definition) is 0. The van der Waals surface area contributed by atoms with Crippen LogP contribution in [0.15, 0.2) is 18.7 Å². The van der Waals surface area contributed by atoms with Gasteiger partial charge in [-0.25, -0.2) is 4.98 Å².